The van der Waals surface area contributed by atoms with Crippen LogP contribution in [0, 0.1) is 5.92 Å². The smallest absolute Gasteiger partial charge is 0.416 e. The predicted molar refractivity (Wildman–Crippen MR) is 142 cm³/mol. The molecule has 6 nitrogen and oxygen atoms in total. The number of fused-ring (bicyclic) bond motifs is 1. The van der Waals surface area contributed by atoms with Gasteiger partial charge in [-0.15, -0.1) is 6.58 Å². The van der Waals surface area contributed by atoms with E-state index in [1.54, 1.807) is 18.2 Å². The second kappa shape index (κ2) is 11.7. The maximum absolute atomic E-state index is 13.0. The number of alkyl halides is 3. The minimum Gasteiger partial charge on any atom is -0.508 e. The molecule has 1 aliphatic heterocycles. The number of amides is 1. The molecule has 0 spiro atoms. The second-order valence-electron chi connectivity index (χ2n) is 10.4. The molecule has 1 aliphatic carbocycles. The van der Waals surface area contributed by atoms with Gasteiger partial charge in [0.25, 0.3) is 0 Å². The maximum atomic E-state index is 13.0. The van der Waals surface area contributed by atoms with Crippen LogP contribution in [0.2, 0.25) is 0 Å². The molecule has 208 valence electrons. The zero-order valence-electron chi connectivity index (χ0n) is 21.8. The number of esters is 1. The number of hydrogen-bond donors (Lipinski definition) is 2. The Morgan fingerprint density at radius 2 is 2.00 bits per heavy atom. The molecule has 9 heteroatoms. The Morgan fingerprint density at radius 3 is 2.69 bits per heavy atom. The first-order valence-corrected chi connectivity index (χ1v) is 13.0. The number of likely N-dealkylation sites (tertiary alicyclic amines) is 1. The number of nitrogens with one attached hydrogen (secondary N) is 1. The fourth-order valence-corrected chi connectivity index (χ4v) is 6.12. The zero-order valence-corrected chi connectivity index (χ0v) is 21.8. The number of hydrogen-bond acceptors (Lipinski definition) is 5. The van der Waals surface area contributed by atoms with Crippen molar-refractivity contribution >= 4 is 18.0 Å². The monoisotopic (exact) mass is 542 g/mol. The van der Waals surface area contributed by atoms with E-state index < -0.39 is 35.1 Å². The van der Waals surface area contributed by atoms with E-state index in [0.717, 1.165) is 30.7 Å². The Hall–Kier alpha value is -3.59. The van der Waals surface area contributed by atoms with Crippen molar-refractivity contribution in [2.24, 2.45) is 5.92 Å². The first-order chi connectivity index (χ1) is 18.5. The van der Waals surface area contributed by atoms with Crippen molar-refractivity contribution in [3.63, 3.8) is 0 Å². The first kappa shape index (κ1) is 28.4. The van der Waals surface area contributed by atoms with Gasteiger partial charge in [0.05, 0.1) is 5.56 Å². The molecule has 0 bridgehead atoms. The molecule has 2 fully saturated rings. The summed E-state index contributed by atoms with van der Waals surface area (Å²) < 4.78 is 45.0. The molecule has 4 unspecified atom stereocenters. The third-order valence-electron chi connectivity index (χ3n) is 7.73. The fourth-order valence-electron chi connectivity index (χ4n) is 6.12. The van der Waals surface area contributed by atoms with Crippen LogP contribution in [0.3, 0.4) is 0 Å². The molecule has 1 amide bonds. The molecule has 0 aromatic heterocycles. The van der Waals surface area contributed by atoms with Gasteiger partial charge in [-0.1, -0.05) is 30.3 Å². The van der Waals surface area contributed by atoms with Gasteiger partial charge < -0.3 is 15.2 Å². The molecule has 1 heterocycles. The van der Waals surface area contributed by atoms with Gasteiger partial charge in [0, 0.05) is 49.9 Å². The molecule has 2 N–H and O–H groups in total. The van der Waals surface area contributed by atoms with Crippen molar-refractivity contribution in [2.45, 2.75) is 49.9 Å². The van der Waals surface area contributed by atoms with Crippen LogP contribution in [0.1, 0.15) is 42.9 Å². The summed E-state index contributed by atoms with van der Waals surface area (Å²) in [6, 6.07) is 11.5. The number of aromatic hydroxyl groups is 1. The number of piperidine rings is 1. The molecular formula is C30H33F3N2O4. The minimum atomic E-state index is -4.47. The quantitative estimate of drug-likeness (QED) is 0.290. The van der Waals surface area contributed by atoms with Crippen LogP contribution < -0.4 is 5.32 Å². The summed E-state index contributed by atoms with van der Waals surface area (Å²) in [4.78, 5) is 27.3. The average Bonchev–Trinajstić information content (AvgIpc) is 2.87. The van der Waals surface area contributed by atoms with Crippen molar-refractivity contribution < 1.29 is 32.6 Å². The summed E-state index contributed by atoms with van der Waals surface area (Å²) in [5, 5.41) is 13.3. The molecule has 2 aromatic carbocycles. The van der Waals surface area contributed by atoms with Crippen molar-refractivity contribution in [3.05, 3.63) is 84.0 Å². The lowest BCUT2D eigenvalue weighted by Crippen LogP contribution is -2.61. The van der Waals surface area contributed by atoms with Crippen LogP contribution in [0.4, 0.5) is 13.2 Å². The summed E-state index contributed by atoms with van der Waals surface area (Å²) in [6.45, 7) is 7.33. The lowest BCUT2D eigenvalue weighted by molar-refractivity contribution is -0.157. The van der Waals surface area contributed by atoms with Gasteiger partial charge in [0.1, 0.15) is 11.9 Å². The van der Waals surface area contributed by atoms with Crippen molar-refractivity contribution in [2.75, 3.05) is 19.6 Å². The second-order valence-corrected chi connectivity index (χ2v) is 10.4. The predicted octanol–water partition coefficient (Wildman–Crippen LogP) is 5.08. The van der Waals surface area contributed by atoms with Crippen molar-refractivity contribution in [3.8, 4) is 5.75 Å². The van der Waals surface area contributed by atoms with Gasteiger partial charge in [-0.05, 0) is 60.9 Å². The number of carbonyl (C=O) groups is 2. The number of nitrogens with zero attached hydrogens (tertiary/aromatic N) is 1. The van der Waals surface area contributed by atoms with Crippen LogP contribution in [0.15, 0.2) is 67.3 Å². The molecule has 1 saturated carbocycles. The van der Waals surface area contributed by atoms with E-state index in [2.05, 4.69) is 16.8 Å². The van der Waals surface area contributed by atoms with Crippen LogP contribution in [0.25, 0.3) is 6.08 Å². The number of carbonyl (C=O) groups excluding carboxylic acids is 2. The summed E-state index contributed by atoms with van der Waals surface area (Å²) in [5.74, 6) is -0.811. The largest absolute Gasteiger partial charge is 0.508 e. The molecule has 0 radical (unpaired) electrons. The number of ether oxygens (including phenoxy) is 1. The highest BCUT2D eigenvalue weighted by atomic mass is 19.4. The lowest BCUT2D eigenvalue weighted by atomic mass is 9.57. The lowest BCUT2D eigenvalue weighted by Gasteiger charge is -2.55. The normalized spacial score (nSPS) is 25.6. The van der Waals surface area contributed by atoms with Gasteiger partial charge in [-0.25, -0.2) is 0 Å². The fraction of sp³-hybridized carbons (Fsp3) is 0.400. The molecule has 1 saturated heterocycles. The van der Waals surface area contributed by atoms with Crippen molar-refractivity contribution in [1.29, 1.82) is 0 Å². The van der Waals surface area contributed by atoms with Gasteiger partial charge in [0.15, 0.2) is 0 Å². The molecular weight excluding hydrogens is 509 g/mol. The highest BCUT2D eigenvalue weighted by Crippen LogP contribution is 2.50. The molecule has 4 atom stereocenters. The van der Waals surface area contributed by atoms with Crippen LogP contribution in [0.5, 0.6) is 5.75 Å². The maximum Gasteiger partial charge on any atom is 0.416 e. The van der Waals surface area contributed by atoms with E-state index in [1.807, 2.05) is 12.1 Å². The molecule has 4 rings (SSSR count). The number of phenolic OH excluding ortho intramolecular Hbond substituents is 1. The summed E-state index contributed by atoms with van der Waals surface area (Å²) in [5.41, 5.74) is -0.0885. The third kappa shape index (κ3) is 6.71. The first-order valence-electron chi connectivity index (χ1n) is 13.0. The Morgan fingerprint density at radius 1 is 1.23 bits per heavy atom. The SMILES string of the molecule is C=CCN1CCC2(c3cccc(O)c3)CC(NC(=O)C=Cc3cccc(C(F)(F)F)c3)CC(OC(C)=O)C2C1. The van der Waals surface area contributed by atoms with Crippen LogP contribution in [-0.2, 0) is 25.9 Å². The Labute approximate surface area is 226 Å². The highest BCUT2D eigenvalue weighted by molar-refractivity contribution is 5.92. The van der Waals surface area contributed by atoms with E-state index >= 15 is 0 Å². The average molecular weight is 543 g/mol. The molecule has 2 aromatic rings. The zero-order chi connectivity index (χ0) is 28.2. The summed E-state index contributed by atoms with van der Waals surface area (Å²) in [7, 11) is 0. The number of benzene rings is 2. The highest BCUT2D eigenvalue weighted by Gasteiger charge is 2.53. The Bertz CT molecular complexity index is 1240. The van der Waals surface area contributed by atoms with E-state index in [4.69, 9.17) is 4.74 Å². The molecule has 2 aliphatic rings. The van der Waals surface area contributed by atoms with Crippen LogP contribution >= 0.6 is 0 Å². The number of rotatable bonds is 7. The van der Waals surface area contributed by atoms with E-state index in [0.29, 0.717) is 25.9 Å². The standard InChI is InChI=1S/C30H33F3N2O4/c1-3-13-35-14-12-29(22-7-5-9-25(37)16-22)18-24(17-27(26(29)19-35)39-20(2)36)34-28(38)11-10-21-6-4-8-23(15-21)30(31,32)33/h3-11,15-16,24,26-27,37H,1,12-14,17-19H2,2H3,(H,34,38). The Kier molecular flexibility index (Phi) is 8.49. The van der Waals surface area contributed by atoms with Gasteiger partial charge in [0.2, 0.25) is 5.91 Å². The summed E-state index contributed by atoms with van der Waals surface area (Å²) >= 11 is 0. The van der Waals surface area contributed by atoms with Gasteiger partial charge in [-0.2, -0.15) is 13.2 Å². The molecule has 39 heavy (non-hydrogen) atoms. The Balaban J connectivity index is 1.60. The number of phenols is 1. The third-order valence-corrected chi connectivity index (χ3v) is 7.73. The van der Waals surface area contributed by atoms with E-state index in [-0.39, 0.29) is 23.3 Å². The summed E-state index contributed by atoms with van der Waals surface area (Å²) in [6.07, 6.45) is 1.13. The van der Waals surface area contributed by atoms with Gasteiger partial charge >= 0.3 is 12.1 Å². The van der Waals surface area contributed by atoms with Crippen molar-refractivity contribution in [1.82, 2.24) is 10.2 Å². The van der Waals surface area contributed by atoms with E-state index in [1.165, 1.54) is 31.2 Å². The number of halogens is 3. The minimum absolute atomic E-state index is 0.0781. The topological polar surface area (TPSA) is 78.9 Å². The van der Waals surface area contributed by atoms with E-state index in [9.17, 15) is 27.9 Å². The van der Waals surface area contributed by atoms with Gasteiger partial charge in [-0.3, -0.25) is 14.5 Å². The van der Waals surface area contributed by atoms with Crippen LogP contribution in [-0.4, -0.2) is 53.7 Å².